The van der Waals surface area contributed by atoms with Crippen LogP contribution < -0.4 is 31.5 Å². The number of carbonyl (C=O) groups is 2. The zero-order valence-corrected chi connectivity index (χ0v) is 45.2. The van der Waals surface area contributed by atoms with Gasteiger partial charge in [0.25, 0.3) is 11.1 Å². The molecule has 3 saturated heterocycles. The van der Waals surface area contributed by atoms with Gasteiger partial charge in [0.05, 0.1) is 54.4 Å². The van der Waals surface area contributed by atoms with Crippen LogP contribution in [0.1, 0.15) is 80.8 Å². The first-order chi connectivity index (χ1) is 31.6. The number of nitrogens with zero attached hydrogens (tertiary/aromatic N) is 6. The standard InChI is InChI=1S/C40H62N10O13P2SSi2/c1-19(2)31(51)45-37-43-29-23(33(53)47-37)41-17-49(29)35-27-25(62-67(11,12)39(5,6)7)21(59-35)15-57-64(55)61-28-26(63-68(13,14)40(8,9)10)22(16-58-65(56)60-27)66-36(28)50-18-42-24-30(50)44-38(48-34(24)54)46-32(52)20(3)4/h17-22,25-28,35-36H,15-16H2,1-14H3,(H2,43,45,47,51,53)(H2,44,46,48,52,54)/q-2/t21-,22-,25-,26-,27-,28-,35-,36-,64?,65?/m1/s1. The maximum absolute atomic E-state index is 14.4. The second kappa shape index (κ2) is 19.8. The largest absolute Gasteiger partial charge is 0.786 e. The third-order valence-corrected chi connectivity index (χ3v) is 25.1. The first-order valence-electron chi connectivity index (χ1n) is 22.3. The van der Waals surface area contributed by atoms with Crippen molar-refractivity contribution in [2.75, 3.05) is 23.8 Å². The lowest BCUT2D eigenvalue weighted by molar-refractivity contribution is -0.217. The molecule has 23 nitrogen and oxygen atoms in total. The molecule has 68 heavy (non-hydrogen) atoms. The predicted octanol–water partition coefficient (Wildman–Crippen LogP) is 4.73. The summed E-state index contributed by atoms with van der Waals surface area (Å²) in [5, 5.41) is 3.12. The summed E-state index contributed by atoms with van der Waals surface area (Å²) in [5.41, 5.74) is -1.20. The summed E-state index contributed by atoms with van der Waals surface area (Å²) in [6, 6.07) is 0. The molecule has 3 fully saturated rings. The fourth-order valence-electron chi connectivity index (χ4n) is 7.07. The number of fused-ring (bicyclic) bond motifs is 6. The number of H-pyrrole nitrogens is 2. The second-order valence-electron chi connectivity index (χ2n) is 20.8. The van der Waals surface area contributed by atoms with Crippen LogP contribution in [0.15, 0.2) is 22.2 Å². The number of anilines is 2. The van der Waals surface area contributed by atoms with Crippen molar-refractivity contribution in [2.24, 2.45) is 11.8 Å². The van der Waals surface area contributed by atoms with E-state index < -0.39 is 104 Å². The van der Waals surface area contributed by atoms with E-state index in [2.05, 4.69) is 74.4 Å². The molecule has 10 atom stereocenters. The topological polar surface area (TPSA) is 296 Å². The van der Waals surface area contributed by atoms with Crippen molar-refractivity contribution < 1.29 is 51.1 Å². The van der Waals surface area contributed by atoms with E-state index in [1.807, 2.05) is 33.9 Å². The Morgan fingerprint density at radius 1 is 0.765 bits per heavy atom. The van der Waals surface area contributed by atoms with Crippen LogP contribution in [0.3, 0.4) is 0 Å². The number of aromatic nitrogens is 8. The van der Waals surface area contributed by atoms with Gasteiger partial charge in [0, 0.05) is 11.8 Å². The molecule has 2 amide bonds. The molecule has 28 heteroatoms. The van der Waals surface area contributed by atoms with Crippen LogP contribution in [-0.4, -0.2) is 116 Å². The van der Waals surface area contributed by atoms with Gasteiger partial charge in [-0.05, 0) is 36.3 Å². The van der Waals surface area contributed by atoms with E-state index in [1.54, 1.807) is 32.3 Å². The number of imidazole rings is 2. The van der Waals surface area contributed by atoms with Crippen molar-refractivity contribution >= 4 is 91.6 Å². The van der Waals surface area contributed by atoms with Crippen molar-refractivity contribution in [1.29, 1.82) is 0 Å². The normalized spacial score (nSPS) is 27.9. The summed E-state index contributed by atoms with van der Waals surface area (Å²) in [7, 11) is -11.4. The molecular weight excluding hydrogens is 979 g/mol. The third kappa shape index (κ3) is 10.9. The Labute approximate surface area is 402 Å². The Morgan fingerprint density at radius 2 is 1.22 bits per heavy atom. The van der Waals surface area contributed by atoms with E-state index in [0.717, 1.165) is 0 Å². The number of aromatic amines is 2. The fourth-order valence-corrected chi connectivity index (χ4v) is 13.1. The van der Waals surface area contributed by atoms with Gasteiger partial charge in [0.15, 0.2) is 45.2 Å². The molecule has 7 heterocycles. The maximum Gasteiger partial charge on any atom is 0.280 e. The Hall–Kier alpha value is -3.08. The first-order valence-corrected chi connectivity index (χ1v) is 31.3. The minimum Gasteiger partial charge on any atom is -0.786 e. The van der Waals surface area contributed by atoms with Crippen LogP contribution in [0.2, 0.25) is 36.3 Å². The van der Waals surface area contributed by atoms with Crippen molar-refractivity contribution in [3.63, 3.8) is 0 Å². The second-order valence-corrected chi connectivity index (χ2v) is 33.5. The average molecular weight is 1040 g/mol. The Morgan fingerprint density at radius 3 is 1.72 bits per heavy atom. The minimum absolute atomic E-state index is 0.0193. The van der Waals surface area contributed by atoms with Gasteiger partial charge in [-0.3, -0.25) is 48.9 Å². The molecule has 7 rings (SSSR count). The lowest BCUT2D eigenvalue weighted by Crippen LogP contribution is -2.51. The van der Waals surface area contributed by atoms with Gasteiger partial charge in [0.1, 0.15) is 29.8 Å². The Kier molecular flexibility index (Phi) is 15.4. The molecule has 3 aliphatic heterocycles. The third-order valence-electron chi connectivity index (χ3n) is 13.1. The van der Waals surface area contributed by atoms with Gasteiger partial charge < -0.3 is 41.5 Å². The average Bonchev–Trinajstić information content (AvgIpc) is 3.99. The summed E-state index contributed by atoms with van der Waals surface area (Å²) >= 11 is 1.29. The molecule has 0 aliphatic carbocycles. The van der Waals surface area contributed by atoms with E-state index in [4.69, 9.17) is 31.7 Å². The SMILES string of the molecule is CC(C)C(=O)Nc1nc2c(ncn2[C@@H]2O[C@@H]3COP([O-])O[C@@H]4[C@H](O[Si](C)(C)C(C)(C)C)[C@@H](COP([O-])O[C@@H]2[C@@H]3O[Si](C)(C)C(C)(C)C)S[C@H]4n2cnc3c(=O)[nH]c(NC(=O)C(C)C)nc32)c(=O)[nH]1. The molecule has 0 saturated carbocycles. The van der Waals surface area contributed by atoms with Crippen molar-refractivity contribution in [3.8, 4) is 0 Å². The smallest absolute Gasteiger partial charge is 0.280 e. The van der Waals surface area contributed by atoms with Crippen molar-refractivity contribution in [2.45, 2.75) is 153 Å². The number of hydrogen-bond acceptors (Lipinski definition) is 18. The molecule has 3 aliphatic rings. The molecule has 4 aromatic heterocycles. The summed E-state index contributed by atoms with van der Waals surface area (Å²) in [5.74, 6) is -1.81. The summed E-state index contributed by atoms with van der Waals surface area (Å²) < 4.78 is 48.8. The number of thioether (sulfide) groups is 1. The lowest BCUT2D eigenvalue weighted by Gasteiger charge is -2.43. The summed E-state index contributed by atoms with van der Waals surface area (Å²) in [6.45, 7) is 26.7. The first kappa shape index (κ1) is 52.7. The Balaban J connectivity index is 1.29. The minimum atomic E-state index is -2.99. The molecule has 4 aromatic rings. The van der Waals surface area contributed by atoms with Crippen LogP contribution in [0.4, 0.5) is 11.9 Å². The monoisotopic (exact) mass is 1040 g/mol. The molecule has 2 unspecified atom stereocenters. The highest BCUT2D eigenvalue weighted by Crippen LogP contribution is 2.54. The molecule has 376 valence electrons. The van der Waals surface area contributed by atoms with E-state index in [0.29, 0.717) is 0 Å². The molecular formula is C40H62N10O13P2SSi2-2. The number of rotatable bonds is 10. The zero-order chi connectivity index (χ0) is 50.0. The highest BCUT2D eigenvalue weighted by atomic mass is 32.2. The van der Waals surface area contributed by atoms with Crippen LogP contribution >= 0.6 is 29.0 Å². The highest BCUT2D eigenvalue weighted by molar-refractivity contribution is 8.00. The summed E-state index contributed by atoms with van der Waals surface area (Å²) in [6.07, 6.45) is -3.72. The van der Waals surface area contributed by atoms with Crippen LogP contribution in [0.5, 0.6) is 0 Å². The number of ether oxygens (including phenoxy) is 1. The van der Waals surface area contributed by atoms with E-state index in [1.165, 1.54) is 29.0 Å². The molecule has 0 radical (unpaired) electrons. The number of nitrogens with one attached hydrogen (secondary N) is 4. The molecule has 0 aromatic carbocycles. The van der Waals surface area contributed by atoms with E-state index in [9.17, 15) is 29.0 Å². The van der Waals surface area contributed by atoms with E-state index in [-0.39, 0.29) is 69.3 Å². The van der Waals surface area contributed by atoms with Gasteiger partial charge in [0.2, 0.25) is 23.7 Å². The van der Waals surface area contributed by atoms with Gasteiger partial charge >= 0.3 is 0 Å². The van der Waals surface area contributed by atoms with Gasteiger partial charge in [-0.25, -0.2) is 9.97 Å². The quantitative estimate of drug-likeness (QED) is 0.123. The van der Waals surface area contributed by atoms with Gasteiger partial charge in [-0.1, -0.05) is 69.2 Å². The number of amides is 2. The van der Waals surface area contributed by atoms with Crippen LogP contribution in [0, 0.1) is 11.8 Å². The summed E-state index contributed by atoms with van der Waals surface area (Å²) in [4.78, 5) is 104. The molecule has 4 bridgehead atoms. The van der Waals surface area contributed by atoms with Crippen LogP contribution in [-0.2, 0) is 41.3 Å². The van der Waals surface area contributed by atoms with Gasteiger partial charge in [-0.15, -0.1) is 11.8 Å². The number of carbonyl (C=O) groups excluding carboxylic acids is 2. The van der Waals surface area contributed by atoms with Crippen molar-refractivity contribution in [1.82, 2.24) is 39.0 Å². The number of hydrogen-bond donors (Lipinski definition) is 4. The fraction of sp³-hybridized carbons (Fsp3) is 0.700. The highest BCUT2D eigenvalue weighted by Gasteiger charge is 2.55. The van der Waals surface area contributed by atoms with Crippen molar-refractivity contribution in [3.05, 3.63) is 33.4 Å². The van der Waals surface area contributed by atoms with Crippen LogP contribution in [0.25, 0.3) is 22.3 Å². The van der Waals surface area contributed by atoms with Gasteiger partial charge in [-0.2, -0.15) is 9.97 Å². The van der Waals surface area contributed by atoms with E-state index >= 15 is 0 Å². The molecule has 0 spiro atoms. The maximum atomic E-state index is 14.4. The zero-order valence-electron chi connectivity index (χ0n) is 40.6. The Bertz CT molecular complexity index is 2440. The lowest BCUT2D eigenvalue weighted by atomic mass is 10.1. The predicted molar refractivity (Wildman–Crippen MR) is 257 cm³/mol. The molecule has 4 N–H and O–H groups in total.